The van der Waals surface area contributed by atoms with Gasteiger partial charge in [0.25, 0.3) is 0 Å². The molecule has 96 valence electrons. The molecule has 0 saturated carbocycles. The SMILES string of the molecule is COC(=O)C(C)n1c(CCl)nc2cc(Cl)cnc21. The molecule has 2 aromatic rings. The van der Waals surface area contributed by atoms with E-state index in [1.165, 1.54) is 13.3 Å². The van der Waals surface area contributed by atoms with E-state index in [9.17, 15) is 4.79 Å². The highest BCUT2D eigenvalue weighted by molar-refractivity contribution is 6.31. The van der Waals surface area contributed by atoms with E-state index in [1.54, 1.807) is 17.6 Å². The molecule has 0 saturated heterocycles. The number of ether oxygens (including phenoxy) is 1. The number of imidazole rings is 1. The van der Waals surface area contributed by atoms with Gasteiger partial charge in [-0.15, -0.1) is 11.6 Å². The minimum atomic E-state index is -0.539. The monoisotopic (exact) mass is 287 g/mol. The molecule has 1 atom stereocenters. The molecule has 2 aromatic heterocycles. The van der Waals surface area contributed by atoms with Crippen molar-refractivity contribution in [2.45, 2.75) is 18.8 Å². The molecule has 1 unspecified atom stereocenters. The highest BCUT2D eigenvalue weighted by atomic mass is 35.5. The molecule has 0 spiro atoms. The van der Waals surface area contributed by atoms with Gasteiger partial charge in [0, 0.05) is 6.20 Å². The van der Waals surface area contributed by atoms with Gasteiger partial charge in [-0.25, -0.2) is 14.8 Å². The van der Waals surface area contributed by atoms with Crippen LogP contribution >= 0.6 is 23.2 Å². The Hall–Kier alpha value is -1.33. The Balaban J connectivity index is 2.63. The number of hydrogen-bond acceptors (Lipinski definition) is 4. The van der Waals surface area contributed by atoms with Crippen LogP contribution in [0.1, 0.15) is 18.8 Å². The van der Waals surface area contributed by atoms with Gasteiger partial charge in [0.1, 0.15) is 17.4 Å². The third kappa shape index (κ3) is 2.15. The van der Waals surface area contributed by atoms with E-state index in [2.05, 4.69) is 9.97 Å². The molecular weight excluding hydrogens is 277 g/mol. The Labute approximate surface area is 114 Å². The number of carbonyl (C=O) groups excluding carboxylic acids is 1. The zero-order valence-electron chi connectivity index (χ0n) is 9.85. The number of esters is 1. The number of aromatic nitrogens is 3. The van der Waals surface area contributed by atoms with Crippen LogP contribution in [-0.4, -0.2) is 27.6 Å². The lowest BCUT2D eigenvalue weighted by Crippen LogP contribution is -2.19. The highest BCUT2D eigenvalue weighted by Gasteiger charge is 2.22. The maximum Gasteiger partial charge on any atom is 0.328 e. The Kier molecular flexibility index (Phi) is 3.73. The lowest BCUT2D eigenvalue weighted by atomic mass is 10.3. The van der Waals surface area contributed by atoms with Crippen LogP contribution in [0.3, 0.4) is 0 Å². The quantitative estimate of drug-likeness (QED) is 0.643. The summed E-state index contributed by atoms with van der Waals surface area (Å²) in [7, 11) is 1.34. The molecule has 0 radical (unpaired) electrons. The first-order valence-corrected chi connectivity index (χ1v) is 6.16. The summed E-state index contributed by atoms with van der Waals surface area (Å²) >= 11 is 11.7. The molecule has 2 heterocycles. The number of hydrogen-bond donors (Lipinski definition) is 0. The zero-order chi connectivity index (χ0) is 13.3. The van der Waals surface area contributed by atoms with Crippen molar-refractivity contribution in [2.75, 3.05) is 7.11 Å². The first kappa shape index (κ1) is 13.1. The Morgan fingerprint density at radius 2 is 2.33 bits per heavy atom. The van der Waals surface area contributed by atoms with Crippen LogP contribution in [0.2, 0.25) is 5.02 Å². The first-order valence-electron chi connectivity index (χ1n) is 5.24. The molecule has 7 heteroatoms. The maximum absolute atomic E-state index is 11.6. The topological polar surface area (TPSA) is 57.0 Å². The Bertz CT molecular complexity index is 597. The smallest absolute Gasteiger partial charge is 0.328 e. The second-order valence-electron chi connectivity index (χ2n) is 3.73. The van der Waals surface area contributed by atoms with Gasteiger partial charge in [0.15, 0.2) is 5.65 Å². The number of methoxy groups -OCH3 is 1. The summed E-state index contributed by atoms with van der Waals surface area (Å²) in [6, 6.07) is 1.14. The summed E-state index contributed by atoms with van der Waals surface area (Å²) in [5.74, 6) is 0.353. The summed E-state index contributed by atoms with van der Waals surface area (Å²) in [6.45, 7) is 1.71. The number of pyridine rings is 1. The summed E-state index contributed by atoms with van der Waals surface area (Å²) < 4.78 is 6.38. The lowest BCUT2D eigenvalue weighted by molar-refractivity contribution is -0.143. The van der Waals surface area contributed by atoms with Crippen LogP contribution in [0.5, 0.6) is 0 Å². The Morgan fingerprint density at radius 3 is 2.94 bits per heavy atom. The molecule has 0 amide bonds. The van der Waals surface area contributed by atoms with Crippen LogP contribution in [0, 0.1) is 0 Å². The lowest BCUT2D eigenvalue weighted by Gasteiger charge is -2.13. The normalized spacial score (nSPS) is 12.7. The highest BCUT2D eigenvalue weighted by Crippen LogP contribution is 2.23. The molecule has 0 fully saturated rings. The van der Waals surface area contributed by atoms with Crippen molar-refractivity contribution in [1.82, 2.24) is 14.5 Å². The van der Waals surface area contributed by atoms with Crippen molar-refractivity contribution < 1.29 is 9.53 Å². The van der Waals surface area contributed by atoms with Gasteiger partial charge in [0.05, 0.1) is 18.0 Å². The summed E-state index contributed by atoms with van der Waals surface area (Å²) in [6.07, 6.45) is 1.50. The van der Waals surface area contributed by atoms with Gasteiger partial charge in [0.2, 0.25) is 0 Å². The van der Waals surface area contributed by atoms with Crippen LogP contribution in [-0.2, 0) is 15.4 Å². The predicted octanol–water partition coefficient (Wildman–Crippen LogP) is 2.56. The van der Waals surface area contributed by atoms with Crippen molar-refractivity contribution in [3.63, 3.8) is 0 Å². The van der Waals surface area contributed by atoms with Crippen LogP contribution in [0.15, 0.2) is 12.3 Å². The number of nitrogens with zero attached hydrogens (tertiary/aromatic N) is 3. The van der Waals surface area contributed by atoms with Gasteiger partial charge >= 0.3 is 5.97 Å². The number of fused-ring (bicyclic) bond motifs is 1. The van der Waals surface area contributed by atoms with Gasteiger partial charge < -0.3 is 4.74 Å². The van der Waals surface area contributed by atoms with Crippen molar-refractivity contribution in [3.05, 3.63) is 23.1 Å². The average Bonchev–Trinajstić information content (AvgIpc) is 2.74. The summed E-state index contributed by atoms with van der Waals surface area (Å²) in [5, 5.41) is 0.485. The van der Waals surface area contributed by atoms with Gasteiger partial charge in [-0.2, -0.15) is 0 Å². The van der Waals surface area contributed by atoms with Crippen LogP contribution in [0.4, 0.5) is 0 Å². The van der Waals surface area contributed by atoms with Crippen molar-refractivity contribution in [2.24, 2.45) is 0 Å². The molecule has 18 heavy (non-hydrogen) atoms. The fourth-order valence-electron chi connectivity index (χ4n) is 1.78. The van der Waals surface area contributed by atoms with Crippen molar-refractivity contribution in [3.8, 4) is 0 Å². The second kappa shape index (κ2) is 5.12. The number of halogens is 2. The number of alkyl halides is 1. The zero-order valence-corrected chi connectivity index (χ0v) is 11.4. The van der Waals surface area contributed by atoms with Gasteiger partial charge in [-0.1, -0.05) is 11.6 Å². The third-order valence-corrected chi connectivity index (χ3v) is 3.06. The summed E-state index contributed by atoms with van der Waals surface area (Å²) in [4.78, 5) is 20.1. The molecular formula is C11H11Cl2N3O2. The van der Waals surface area contributed by atoms with Crippen LogP contribution < -0.4 is 0 Å². The van der Waals surface area contributed by atoms with E-state index in [0.29, 0.717) is 22.0 Å². The Morgan fingerprint density at radius 1 is 1.61 bits per heavy atom. The third-order valence-electron chi connectivity index (χ3n) is 2.62. The largest absolute Gasteiger partial charge is 0.467 e. The van der Waals surface area contributed by atoms with E-state index in [1.807, 2.05) is 0 Å². The van der Waals surface area contributed by atoms with E-state index >= 15 is 0 Å². The predicted molar refractivity (Wildman–Crippen MR) is 68.8 cm³/mol. The molecule has 0 aliphatic rings. The minimum Gasteiger partial charge on any atom is -0.467 e. The van der Waals surface area contributed by atoms with Crippen molar-refractivity contribution >= 4 is 40.3 Å². The molecule has 0 aliphatic carbocycles. The molecule has 0 bridgehead atoms. The number of rotatable bonds is 3. The second-order valence-corrected chi connectivity index (χ2v) is 4.43. The number of carbonyl (C=O) groups is 1. The van der Waals surface area contributed by atoms with Crippen molar-refractivity contribution in [1.29, 1.82) is 0 Å². The van der Waals surface area contributed by atoms with Crippen LogP contribution in [0.25, 0.3) is 11.2 Å². The molecule has 0 N–H and O–H groups in total. The maximum atomic E-state index is 11.6. The van der Waals surface area contributed by atoms with E-state index < -0.39 is 6.04 Å². The minimum absolute atomic E-state index is 0.176. The molecule has 5 nitrogen and oxygen atoms in total. The van der Waals surface area contributed by atoms with E-state index in [4.69, 9.17) is 27.9 Å². The molecule has 0 aliphatic heterocycles. The van der Waals surface area contributed by atoms with E-state index in [-0.39, 0.29) is 11.8 Å². The molecule has 2 rings (SSSR count). The fraction of sp³-hybridized carbons (Fsp3) is 0.364. The molecule has 0 aromatic carbocycles. The fourth-order valence-corrected chi connectivity index (χ4v) is 2.12. The average molecular weight is 288 g/mol. The van der Waals surface area contributed by atoms with E-state index in [0.717, 1.165) is 0 Å². The standard InChI is InChI=1S/C11H11Cl2N3O2/c1-6(11(17)18-2)16-9(4-12)15-8-3-7(13)5-14-10(8)16/h3,5-6H,4H2,1-2H3. The first-order chi connectivity index (χ1) is 8.58. The van der Waals surface area contributed by atoms with Gasteiger partial charge in [-0.3, -0.25) is 4.57 Å². The summed E-state index contributed by atoms with van der Waals surface area (Å²) in [5.41, 5.74) is 1.17. The van der Waals surface area contributed by atoms with Gasteiger partial charge in [-0.05, 0) is 13.0 Å².